The fourth-order valence-electron chi connectivity index (χ4n) is 1.97. The molecule has 1 aromatic heterocycles. The number of alkyl halides is 3. The first-order valence-electron chi connectivity index (χ1n) is 6.92. The molecule has 1 aromatic carbocycles. The Morgan fingerprint density at radius 3 is 2.35 bits per heavy atom. The third kappa shape index (κ3) is 4.70. The lowest BCUT2D eigenvalue weighted by atomic mass is 10.2. The van der Waals surface area contributed by atoms with Crippen LogP contribution in [0.3, 0.4) is 0 Å². The molecule has 0 bridgehead atoms. The minimum Gasteiger partial charge on any atom is -0.323 e. The number of hydrogen-bond acceptors (Lipinski definition) is 2. The first kappa shape index (κ1) is 16.8. The van der Waals surface area contributed by atoms with Gasteiger partial charge in [-0.15, -0.1) is 0 Å². The van der Waals surface area contributed by atoms with Gasteiger partial charge in [0.25, 0.3) is 11.7 Å². The van der Waals surface area contributed by atoms with E-state index in [4.69, 9.17) is 0 Å². The molecule has 0 saturated heterocycles. The topological polar surface area (TPSA) is 46.5 Å². The fraction of sp³-hybridized carbons (Fsp3) is 0.250. The van der Waals surface area contributed by atoms with Crippen LogP contribution in [0.25, 0.3) is 0 Å². The molecule has 0 fully saturated rings. The Kier molecular flexibility index (Phi) is 4.88. The van der Waals surface area contributed by atoms with E-state index in [0.717, 1.165) is 17.8 Å². The Morgan fingerprint density at radius 1 is 1.17 bits per heavy atom. The Balaban J connectivity index is 1.96. The second-order valence-electron chi connectivity index (χ2n) is 5.23. The number of halogens is 3. The molecule has 0 radical (unpaired) electrons. The second kappa shape index (κ2) is 6.68. The molecule has 0 atom stereocenters. The summed E-state index contributed by atoms with van der Waals surface area (Å²) < 4.78 is 37.5. The highest BCUT2D eigenvalue weighted by molar-refractivity contribution is 5.93. The SMILES string of the molecule is Cc1ccc(NC(=O)CN(C)c2ccc(C(F)(F)F)c[nH+]2)cc1. The molecule has 0 aliphatic carbocycles. The van der Waals surface area contributed by atoms with E-state index in [9.17, 15) is 18.0 Å². The van der Waals surface area contributed by atoms with E-state index in [1.54, 1.807) is 19.2 Å². The van der Waals surface area contributed by atoms with Gasteiger partial charge in [0.15, 0.2) is 6.54 Å². The van der Waals surface area contributed by atoms with Gasteiger partial charge in [0.2, 0.25) is 0 Å². The maximum Gasteiger partial charge on any atom is 0.419 e. The molecule has 0 spiro atoms. The normalized spacial score (nSPS) is 11.2. The van der Waals surface area contributed by atoms with Crippen molar-refractivity contribution in [3.05, 3.63) is 53.7 Å². The Bertz CT molecular complexity index is 666. The number of aromatic amines is 1. The number of aromatic nitrogens is 1. The van der Waals surface area contributed by atoms with E-state index < -0.39 is 11.7 Å². The summed E-state index contributed by atoms with van der Waals surface area (Å²) in [5, 5.41) is 2.73. The average Bonchev–Trinajstić information content (AvgIpc) is 2.49. The van der Waals surface area contributed by atoms with Gasteiger partial charge in [-0.3, -0.25) is 9.69 Å². The zero-order valence-corrected chi connectivity index (χ0v) is 12.7. The van der Waals surface area contributed by atoms with Crippen LogP contribution in [-0.2, 0) is 11.0 Å². The molecule has 4 nitrogen and oxygen atoms in total. The van der Waals surface area contributed by atoms with Gasteiger partial charge in [-0.05, 0) is 25.1 Å². The van der Waals surface area contributed by atoms with Crippen LogP contribution in [0, 0.1) is 6.92 Å². The number of pyridine rings is 1. The van der Waals surface area contributed by atoms with Crippen molar-refractivity contribution < 1.29 is 22.9 Å². The van der Waals surface area contributed by atoms with Crippen molar-refractivity contribution in [3.8, 4) is 0 Å². The van der Waals surface area contributed by atoms with Gasteiger partial charge in [-0.2, -0.15) is 13.2 Å². The molecule has 1 amide bonds. The van der Waals surface area contributed by atoms with Gasteiger partial charge in [-0.25, -0.2) is 4.98 Å². The van der Waals surface area contributed by atoms with Gasteiger partial charge >= 0.3 is 6.18 Å². The van der Waals surface area contributed by atoms with Gasteiger partial charge < -0.3 is 5.32 Å². The largest absolute Gasteiger partial charge is 0.419 e. The van der Waals surface area contributed by atoms with Crippen molar-refractivity contribution in [1.29, 1.82) is 0 Å². The minimum atomic E-state index is -4.39. The molecule has 2 rings (SSSR count). The first-order valence-corrected chi connectivity index (χ1v) is 6.92. The summed E-state index contributed by atoms with van der Waals surface area (Å²) in [5.74, 6) is 0.154. The Hall–Kier alpha value is -2.57. The minimum absolute atomic E-state index is 0.00966. The molecule has 0 aliphatic rings. The lowest BCUT2D eigenvalue weighted by Gasteiger charge is -2.12. The summed E-state index contributed by atoms with van der Waals surface area (Å²) in [6, 6.07) is 9.60. The third-order valence-electron chi connectivity index (χ3n) is 3.25. The van der Waals surface area contributed by atoms with Crippen molar-refractivity contribution in [1.82, 2.24) is 0 Å². The highest BCUT2D eigenvalue weighted by Crippen LogP contribution is 2.28. The van der Waals surface area contributed by atoms with Crippen LogP contribution >= 0.6 is 0 Å². The molecule has 0 saturated carbocycles. The monoisotopic (exact) mass is 324 g/mol. The number of likely N-dealkylation sites (N-methyl/N-ethyl adjacent to an activating group) is 1. The standard InChI is InChI=1S/C16H16F3N3O/c1-11-3-6-13(7-4-11)21-15(23)10-22(2)14-8-5-12(9-20-14)16(17,18)19/h3-9H,10H2,1-2H3,(H,21,23)/p+1. The van der Waals surface area contributed by atoms with E-state index in [1.807, 2.05) is 19.1 Å². The summed E-state index contributed by atoms with van der Waals surface area (Å²) in [6.07, 6.45) is -3.51. The molecule has 0 unspecified atom stereocenters. The molecule has 2 aromatic rings. The van der Waals surface area contributed by atoms with E-state index >= 15 is 0 Å². The number of rotatable bonds is 4. The fourth-order valence-corrected chi connectivity index (χ4v) is 1.97. The van der Waals surface area contributed by atoms with E-state index in [0.29, 0.717) is 11.5 Å². The zero-order valence-electron chi connectivity index (χ0n) is 12.7. The number of amides is 1. The van der Waals surface area contributed by atoms with Gasteiger partial charge in [-0.1, -0.05) is 17.7 Å². The van der Waals surface area contributed by atoms with E-state index in [1.165, 1.54) is 11.0 Å². The molecule has 1 heterocycles. The number of carbonyl (C=O) groups is 1. The van der Waals surface area contributed by atoms with Crippen LogP contribution in [0.1, 0.15) is 11.1 Å². The van der Waals surface area contributed by atoms with E-state index in [-0.39, 0.29) is 12.5 Å². The van der Waals surface area contributed by atoms with Crippen LogP contribution in [0.15, 0.2) is 42.6 Å². The molecular formula is C16H17F3N3O+. The van der Waals surface area contributed by atoms with Crippen LogP contribution in [0.4, 0.5) is 24.7 Å². The van der Waals surface area contributed by atoms with Crippen molar-refractivity contribution in [3.63, 3.8) is 0 Å². The summed E-state index contributed by atoms with van der Waals surface area (Å²) >= 11 is 0. The van der Waals surface area contributed by atoms with Crippen molar-refractivity contribution in [2.75, 3.05) is 23.8 Å². The molecule has 23 heavy (non-hydrogen) atoms. The Morgan fingerprint density at radius 2 is 1.83 bits per heavy atom. The number of nitrogens with zero attached hydrogens (tertiary/aromatic N) is 1. The van der Waals surface area contributed by atoms with Gasteiger partial charge in [0.05, 0.1) is 12.6 Å². The first-order chi connectivity index (χ1) is 10.8. The van der Waals surface area contributed by atoms with Crippen molar-refractivity contribution in [2.45, 2.75) is 13.1 Å². The Labute approximate surface area is 132 Å². The van der Waals surface area contributed by atoms with Crippen molar-refractivity contribution in [2.24, 2.45) is 0 Å². The molecule has 2 N–H and O–H groups in total. The van der Waals surface area contributed by atoms with Crippen LogP contribution in [0.5, 0.6) is 0 Å². The zero-order chi connectivity index (χ0) is 17.0. The van der Waals surface area contributed by atoms with Crippen LogP contribution < -0.4 is 15.2 Å². The number of anilines is 2. The number of hydrogen-bond donors (Lipinski definition) is 1. The van der Waals surface area contributed by atoms with Crippen LogP contribution in [0.2, 0.25) is 0 Å². The molecule has 0 aliphatic heterocycles. The lowest BCUT2D eigenvalue weighted by Crippen LogP contribution is -2.33. The number of nitrogens with one attached hydrogen (secondary N) is 2. The molecule has 7 heteroatoms. The summed E-state index contributed by atoms with van der Waals surface area (Å²) in [4.78, 5) is 16.0. The second-order valence-corrected chi connectivity index (χ2v) is 5.23. The number of aryl methyl sites for hydroxylation is 1. The quantitative estimate of drug-likeness (QED) is 0.940. The maximum absolute atomic E-state index is 12.5. The van der Waals surface area contributed by atoms with Gasteiger partial charge in [0.1, 0.15) is 6.20 Å². The van der Waals surface area contributed by atoms with Crippen LogP contribution in [-0.4, -0.2) is 19.5 Å². The van der Waals surface area contributed by atoms with Crippen molar-refractivity contribution >= 4 is 17.4 Å². The number of benzene rings is 1. The smallest absolute Gasteiger partial charge is 0.323 e. The number of carbonyl (C=O) groups excluding carboxylic acids is 1. The summed E-state index contributed by atoms with van der Waals surface area (Å²) in [6.45, 7) is 1.95. The van der Waals surface area contributed by atoms with Gasteiger partial charge in [0, 0.05) is 11.8 Å². The number of H-pyrrole nitrogens is 1. The maximum atomic E-state index is 12.5. The summed E-state index contributed by atoms with van der Waals surface area (Å²) in [5.41, 5.74) is 0.989. The third-order valence-corrected chi connectivity index (χ3v) is 3.25. The van der Waals surface area contributed by atoms with E-state index in [2.05, 4.69) is 10.3 Å². The lowest BCUT2D eigenvalue weighted by molar-refractivity contribution is -0.367. The highest BCUT2D eigenvalue weighted by Gasteiger charge is 2.32. The average molecular weight is 324 g/mol. The summed E-state index contributed by atoms with van der Waals surface area (Å²) in [7, 11) is 1.62. The predicted octanol–water partition coefficient (Wildman–Crippen LogP) is 2.90. The predicted molar refractivity (Wildman–Crippen MR) is 81.1 cm³/mol. The molecular weight excluding hydrogens is 307 g/mol. The highest BCUT2D eigenvalue weighted by atomic mass is 19.4. The molecule has 122 valence electrons.